The largest absolute Gasteiger partial charge is 0.367 e. The van der Waals surface area contributed by atoms with Crippen LogP contribution in [0, 0.1) is 11.3 Å². The van der Waals surface area contributed by atoms with E-state index in [0.29, 0.717) is 18.2 Å². The molecule has 1 aromatic rings. The highest BCUT2D eigenvalue weighted by molar-refractivity contribution is 5.51. The topological polar surface area (TPSA) is 53.0 Å². The Balaban J connectivity index is 2.19. The van der Waals surface area contributed by atoms with E-state index < -0.39 is 0 Å². The molecule has 2 rings (SSSR count). The van der Waals surface area contributed by atoms with Crippen molar-refractivity contribution in [2.75, 3.05) is 18.0 Å². The molecule has 15 heavy (non-hydrogen) atoms. The Morgan fingerprint density at radius 1 is 1.40 bits per heavy atom. The molecule has 1 unspecified atom stereocenters. The van der Waals surface area contributed by atoms with E-state index >= 15 is 0 Å². The van der Waals surface area contributed by atoms with Crippen LogP contribution >= 0.6 is 0 Å². The fourth-order valence-electron chi connectivity index (χ4n) is 2.15. The molecule has 0 radical (unpaired) electrons. The Labute approximate surface area is 90.1 Å². The zero-order chi connectivity index (χ0) is 10.7. The zero-order valence-corrected chi connectivity index (χ0v) is 8.69. The van der Waals surface area contributed by atoms with Crippen molar-refractivity contribution < 1.29 is 0 Å². The van der Waals surface area contributed by atoms with Gasteiger partial charge in [0.05, 0.1) is 11.6 Å². The quantitative estimate of drug-likeness (QED) is 0.788. The lowest BCUT2D eigenvalue weighted by Gasteiger charge is -2.25. The van der Waals surface area contributed by atoms with E-state index in [2.05, 4.69) is 11.0 Å². The monoisotopic (exact) mass is 201 g/mol. The minimum absolute atomic E-state index is 0.470. The summed E-state index contributed by atoms with van der Waals surface area (Å²) in [6.07, 6.45) is 2.39. The number of rotatable bonds is 2. The van der Waals surface area contributed by atoms with Crippen LogP contribution in [0.15, 0.2) is 24.3 Å². The van der Waals surface area contributed by atoms with Gasteiger partial charge in [-0.3, -0.25) is 0 Å². The molecule has 0 aromatic heterocycles. The lowest BCUT2D eigenvalue weighted by atomic mass is 10.2. The minimum Gasteiger partial charge on any atom is -0.367 e. The van der Waals surface area contributed by atoms with Gasteiger partial charge in [0.25, 0.3) is 0 Å². The van der Waals surface area contributed by atoms with Crippen LogP contribution in [-0.4, -0.2) is 19.1 Å². The summed E-state index contributed by atoms with van der Waals surface area (Å²) in [4.78, 5) is 2.33. The number of nitrogens with two attached hydrogens (primary N) is 1. The van der Waals surface area contributed by atoms with E-state index in [1.807, 2.05) is 24.3 Å². The van der Waals surface area contributed by atoms with Crippen molar-refractivity contribution in [2.45, 2.75) is 18.9 Å². The molecule has 1 heterocycles. The van der Waals surface area contributed by atoms with Gasteiger partial charge in [-0.2, -0.15) is 5.26 Å². The lowest BCUT2D eigenvalue weighted by Crippen LogP contribution is -2.35. The predicted octanol–water partition coefficient (Wildman–Crippen LogP) is 1.49. The van der Waals surface area contributed by atoms with E-state index in [1.54, 1.807) is 0 Å². The first-order chi connectivity index (χ1) is 7.35. The maximum Gasteiger partial charge on any atom is 0.0991 e. The Bertz CT molecular complexity index is 363. The summed E-state index contributed by atoms with van der Waals surface area (Å²) in [5.41, 5.74) is 7.62. The molecular weight excluding hydrogens is 186 g/mol. The molecule has 0 saturated carbocycles. The summed E-state index contributed by atoms with van der Waals surface area (Å²) < 4.78 is 0. The van der Waals surface area contributed by atoms with Crippen molar-refractivity contribution in [2.24, 2.45) is 5.73 Å². The van der Waals surface area contributed by atoms with Gasteiger partial charge in [-0.25, -0.2) is 0 Å². The molecule has 0 bridgehead atoms. The first-order valence-electron chi connectivity index (χ1n) is 5.32. The van der Waals surface area contributed by atoms with Gasteiger partial charge in [0.2, 0.25) is 0 Å². The van der Waals surface area contributed by atoms with E-state index in [-0.39, 0.29) is 0 Å². The molecule has 1 aliphatic heterocycles. The molecule has 1 atom stereocenters. The van der Waals surface area contributed by atoms with Gasteiger partial charge in [0.15, 0.2) is 0 Å². The molecule has 3 heteroatoms. The Kier molecular flexibility index (Phi) is 2.89. The second kappa shape index (κ2) is 4.33. The molecule has 1 saturated heterocycles. The molecule has 0 amide bonds. The summed E-state index contributed by atoms with van der Waals surface area (Å²) in [5, 5.41) is 8.71. The molecule has 78 valence electrons. The van der Waals surface area contributed by atoms with Crippen LogP contribution < -0.4 is 10.6 Å². The van der Waals surface area contributed by atoms with Crippen LogP contribution in [-0.2, 0) is 0 Å². The Morgan fingerprint density at radius 3 is 2.73 bits per heavy atom. The van der Waals surface area contributed by atoms with Crippen LogP contribution in [0.25, 0.3) is 0 Å². The first kappa shape index (κ1) is 10.0. The molecule has 1 fully saturated rings. The maximum absolute atomic E-state index is 8.71. The van der Waals surface area contributed by atoms with Crippen LogP contribution in [0.1, 0.15) is 18.4 Å². The predicted molar refractivity (Wildman–Crippen MR) is 60.6 cm³/mol. The smallest absolute Gasteiger partial charge is 0.0991 e. The molecule has 0 spiro atoms. The number of hydrogen-bond acceptors (Lipinski definition) is 3. The highest BCUT2D eigenvalue weighted by Gasteiger charge is 2.22. The average molecular weight is 201 g/mol. The third kappa shape index (κ3) is 1.95. The number of hydrogen-bond donors (Lipinski definition) is 1. The highest BCUT2D eigenvalue weighted by atomic mass is 15.2. The fraction of sp³-hybridized carbons (Fsp3) is 0.417. The van der Waals surface area contributed by atoms with Crippen molar-refractivity contribution >= 4 is 5.69 Å². The van der Waals surface area contributed by atoms with Gasteiger partial charge in [0.1, 0.15) is 0 Å². The molecule has 3 nitrogen and oxygen atoms in total. The first-order valence-corrected chi connectivity index (χ1v) is 5.32. The van der Waals surface area contributed by atoms with Crippen LogP contribution in [0.5, 0.6) is 0 Å². The van der Waals surface area contributed by atoms with Crippen LogP contribution in [0.2, 0.25) is 0 Å². The van der Waals surface area contributed by atoms with E-state index in [4.69, 9.17) is 11.0 Å². The zero-order valence-electron chi connectivity index (χ0n) is 8.69. The van der Waals surface area contributed by atoms with Crippen molar-refractivity contribution in [1.29, 1.82) is 5.26 Å². The average Bonchev–Trinajstić information content (AvgIpc) is 2.77. The Hall–Kier alpha value is -1.53. The van der Waals surface area contributed by atoms with Crippen molar-refractivity contribution in [1.82, 2.24) is 0 Å². The van der Waals surface area contributed by atoms with Gasteiger partial charge < -0.3 is 10.6 Å². The van der Waals surface area contributed by atoms with Gasteiger partial charge in [-0.05, 0) is 37.1 Å². The molecule has 1 aromatic carbocycles. The van der Waals surface area contributed by atoms with Gasteiger partial charge in [-0.1, -0.05) is 0 Å². The number of nitrogens with zero attached hydrogens (tertiary/aromatic N) is 2. The molecule has 1 aliphatic rings. The fourth-order valence-corrected chi connectivity index (χ4v) is 2.15. The van der Waals surface area contributed by atoms with Crippen LogP contribution in [0.4, 0.5) is 5.69 Å². The lowest BCUT2D eigenvalue weighted by molar-refractivity contribution is 0.677. The summed E-state index contributed by atoms with van der Waals surface area (Å²) in [6, 6.07) is 10.3. The Morgan fingerprint density at radius 2 is 2.13 bits per heavy atom. The van der Waals surface area contributed by atoms with Crippen molar-refractivity contribution in [3.05, 3.63) is 29.8 Å². The minimum atomic E-state index is 0.470. The summed E-state index contributed by atoms with van der Waals surface area (Å²) >= 11 is 0. The summed E-state index contributed by atoms with van der Waals surface area (Å²) in [5.74, 6) is 0. The van der Waals surface area contributed by atoms with Crippen LogP contribution in [0.3, 0.4) is 0 Å². The van der Waals surface area contributed by atoms with E-state index in [0.717, 1.165) is 6.54 Å². The van der Waals surface area contributed by atoms with E-state index in [1.165, 1.54) is 18.5 Å². The number of benzene rings is 1. The van der Waals surface area contributed by atoms with Gasteiger partial charge in [-0.15, -0.1) is 0 Å². The van der Waals surface area contributed by atoms with Crippen molar-refractivity contribution in [3.8, 4) is 6.07 Å². The second-order valence-electron chi connectivity index (χ2n) is 3.88. The molecule has 0 aliphatic carbocycles. The maximum atomic E-state index is 8.71. The standard InChI is InChI=1S/C12H15N3/c13-8-10-3-5-11(6-4-10)15-7-1-2-12(15)9-14/h3-6,12H,1-2,7,9,14H2. The SMILES string of the molecule is N#Cc1ccc(N2CCCC2CN)cc1. The summed E-state index contributed by atoms with van der Waals surface area (Å²) in [6.45, 7) is 1.79. The highest BCUT2D eigenvalue weighted by Crippen LogP contribution is 2.24. The number of anilines is 1. The number of nitriles is 1. The third-order valence-electron chi connectivity index (χ3n) is 2.98. The van der Waals surface area contributed by atoms with Gasteiger partial charge in [0, 0.05) is 24.8 Å². The van der Waals surface area contributed by atoms with E-state index in [9.17, 15) is 0 Å². The normalized spacial score (nSPS) is 20.3. The van der Waals surface area contributed by atoms with Gasteiger partial charge >= 0.3 is 0 Å². The molecule has 2 N–H and O–H groups in total. The van der Waals surface area contributed by atoms with Crippen molar-refractivity contribution in [3.63, 3.8) is 0 Å². The second-order valence-corrected chi connectivity index (χ2v) is 3.88. The summed E-state index contributed by atoms with van der Waals surface area (Å²) in [7, 11) is 0. The third-order valence-corrected chi connectivity index (χ3v) is 2.98. The molecular formula is C12H15N3.